The lowest BCUT2D eigenvalue weighted by molar-refractivity contribution is 0.341. The van der Waals surface area contributed by atoms with E-state index >= 15 is 0 Å². The third-order valence-electron chi connectivity index (χ3n) is 3.88. The highest BCUT2D eigenvalue weighted by atomic mass is 14.9. The summed E-state index contributed by atoms with van der Waals surface area (Å²) >= 11 is 0. The number of nitrogens with one attached hydrogen (secondary N) is 1. The molecule has 0 amide bonds. The molecule has 0 aliphatic rings. The predicted molar refractivity (Wildman–Crippen MR) is 80.9 cm³/mol. The van der Waals surface area contributed by atoms with Crippen molar-refractivity contribution in [2.45, 2.75) is 59.4 Å². The van der Waals surface area contributed by atoms with Gasteiger partial charge < -0.3 is 5.32 Å². The van der Waals surface area contributed by atoms with Crippen LogP contribution >= 0.6 is 0 Å². The van der Waals surface area contributed by atoms with Crippen LogP contribution in [0.2, 0.25) is 0 Å². The maximum atomic E-state index is 3.73. The zero-order chi connectivity index (χ0) is 13.4. The molecule has 1 N–H and O–H groups in total. The molecular weight excluding hydrogens is 218 g/mol. The van der Waals surface area contributed by atoms with E-state index in [9.17, 15) is 0 Å². The van der Waals surface area contributed by atoms with Crippen LogP contribution in [0.5, 0.6) is 0 Å². The molecule has 0 radical (unpaired) electrons. The number of hydrogen-bond donors (Lipinski definition) is 1. The first-order valence-corrected chi connectivity index (χ1v) is 7.58. The van der Waals surface area contributed by atoms with Crippen molar-refractivity contribution in [2.24, 2.45) is 5.92 Å². The number of hydrogen-bond acceptors (Lipinski definition) is 1. The molecule has 1 rings (SSSR count). The quantitative estimate of drug-likeness (QED) is 0.700. The Kier molecular flexibility index (Phi) is 7.04. The second kappa shape index (κ2) is 8.31. The number of benzene rings is 1. The normalized spacial score (nSPS) is 12.9. The van der Waals surface area contributed by atoms with Crippen LogP contribution in [0, 0.1) is 5.92 Å². The fourth-order valence-electron chi connectivity index (χ4n) is 2.58. The van der Waals surface area contributed by atoms with Gasteiger partial charge in [0.05, 0.1) is 0 Å². The van der Waals surface area contributed by atoms with Crippen molar-refractivity contribution < 1.29 is 0 Å². The van der Waals surface area contributed by atoms with Gasteiger partial charge in [-0.2, -0.15) is 0 Å². The van der Waals surface area contributed by atoms with Gasteiger partial charge >= 0.3 is 0 Å². The van der Waals surface area contributed by atoms with Gasteiger partial charge in [-0.25, -0.2) is 0 Å². The van der Waals surface area contributed by atoms with Gasteiger partial charge in [0, 0.05) is 6.04 Å². The van der Waals surface area contributed by atoms with Crippen LogP contribution in [0.15, 0.2) is 24.3 Å². The van der Waals surface area contributed by atoms with E-state index in [-0.39, 0.29) is 0 Å². The molecule has 0 saturated carbocycles. The van der Waals surface area contributed by atoms with Gasteiger partial charge in [-0.1, -0.05) is 64.8 Å². The van der Waals surface area contributed by atoms with Crippen molar-refractivity contribution in [1.82, 2.24) is 5.32 Å². The molecule has 1 atom stereocenters. The van der Waals surface area contributed by atoms with E-state index in [1.807, 2.05) is 0 Å². The Balaban J connectivity index is 2.85. The summed E-state index contributed by atoms with van der Waals surface area (Å²) in [7, 11) is 0. The van der Waals surface area contributed by atoms with Crippen LogP contribution in [0.25, 0.3) is 0 Å². The SMILES string of the molecule is CCCNC(c1ccc(CC)cc1)C(CC)CC. The minimum absolute atomic E-state index is 0.519. The fraction of sp³-hybridized carbons (Fsp3) is 0.647. The standard InChI is InChI=1S/C17H29N/c1-5-13-18-17(15(7-3)8-4)16-11-9-14(6-2)10-12-16/h9-12,15,17-18H,5-8,13H2,1-4H3. The van der Waals surface area contributed by atoms with E-state index < -0.39 is 0 Å². The summed E-state index contributed by atoms with van der Waals surface area (Å²) in [4.78, 5) is 0. The summed E-state index contributed by atoms with van der Waals surface area (Å²) in [6.45, 7) is 10.2. The van der Waals surface area contributed by atoms with Crippen molar-refractivity contribution >= 4 is 0 Å². The van der Waals surface area contributed by atoms with Crippen LogP contribution in [0.4, 0.5) is 0 Å². The first-order valence-electron chi connectivity index (χ1n) is 7.58. The Hall–Kier alpha value is -0.820. The Morgan fingerprint density at radius 3 is 2.00 bits per heavy atom. The predicted octanol–water partition coefficient (Wildman–Crippen LogP) is 4.73. The lowest BCUT2D eigenvalue weighted by Gasteiger charge is -2.27. The van der Waals surface area contributed by atoms with Crippen LogP contribution in [-0.4, -0.2) is 6.54 Å². The molecule has 18 heavy (non-hydrogen) atoms. The molecular formula is C17H29N. The molecule has 1 nitrogen and oxygen atoms in total. The first-order chi connectivity index (χ1) is 8.76. The average molecular weight is 247 g/mol. The molecule has 0 fully saturated rings. The molecule has 0 saturated heterocycles. The molecule has 0 heterocycles. The second-order valence-corrected chi connectivity index (χ2v) is 5.10. The van der Waals surface area contributed by atoms with Crippen LogP contribution < -0.4 is 5.32 Å². The Morgan fingerprint density at radius 1 is 0.944 bits per heavy atom. The smallest absolute Gasteiger partial charge is 0.0348 e. The van der Waals surface area contributed by atoms with E-state index in [0.29, 0.717) is 6.04 Å². The third kappa shape index (κ3) is 4.13. The zero-order valence-electron chi connectivity index (χ0n) is 12.5. The highest BCUT2D eigenvalue weighted by Gasteiger charge is 2.19. The van der Waals surface area contributed by atoms with E-state index in [1.54, 1.807) is 0 Å². The maximum absolute atomic E-state index is 3.73. The molecule has 1 aromatic carbocycles. The van der Waals surface area contributed by atoms with E-state index in [0.717, 1.165) is 18.9 Å². The summed E-state index contributed by atoms with van der Waals surface area (Å²) in [5.74, 6) is 0.740. The number of rotatable bonds is 8. The van der Waals surface area contributed by atoms with Gasteiger partial charge in [0.1, 0.15) is 0 Å². The summed E-state index contributed by atoms with van der Waals surface area (Å²) in [5.41, 5.74) is 2.88. The third-order valence-corrected chi connectivity index (χ3v) is 3.88. The van der Waals surface area contributed by atoms with E-state index in [2.05, 4.69) is 57.3 Å². The van der Waals surface area contributed by atoms with Gasteiger partial charge in [-0.3, -0.25) is 0 Å². The van der Waals surface area contributed by atoms with Crippen molar-refractivity contribution in [3.8, 4) is 0 Å². The Labute approximate surface area is 113 Å². The molecule has 0 aliphatic heterocycles. The second-order valence-electron chi connectivity index (χ2n) is 5.10. The minimum Gasteiger partial charge on any atom is -0.310 e. The summed E-state index contributed by atoms with van der Waals surface area (Å²) in [6.07, 6.45) is 4.81. The van der Waals surface area contributed by atoms with Crippen molar-refractivity contribution in [1.29, 1.82) is 0 Å². The molecule has 0 spiro atoms. The van der Waals surface area contributed by atoms with Crippen molar-refractivity contribution in [2.75, 3.05) is 6.54 Å². The topological polar surface area (TPSA) is 12.0 Å². The monoisotopic (exact) mass is 247 g/mol. The summed E-state index contributed by atoms with van der Waals surface area (Å²) < 4.78 is 0. The Morgan fingerprint density at radius 2 is 1.56 bits per heavy atom. The van der Waals surface area contributed by atoms with E-state index in [1.165, 1.54) is 30.4 Å². The molecule has 1 heteroatoms. The van der Waals surface area contributed by atoms with Crippen LogP contribution in [-0.2, 0) is 6.42 Å². The minimum atomic E-state index is 0.519. The van der Waals surface area contributed by atoms with Crippen LogP contribution in [0.1, 0.15) is 64.1 Å². The number of aryl methyl sites for hydroxylation is 1. The fourth-order valence-corrected chi connectivity index (χ4v) is 2.58. The maximum Gasteiger partial charge on any atom is 0.0348 e. The lowest BCUT2D eigenvalue weighted by atomic mass is 9.88. The molecule has 102 valence electrons. The van der Waals surface area contributed by atoms with Gasteiger partial charge in [0.25, 0.3) is 0 Å². The van der Waals surface area contributed by atoms with E-state index in [4.69, 9.17) is 0 Å². The largest absolute Gasteiger partial charge is 0.310 e. The molecule has 0 aliphatic carbocycles. The lowest BCUT2D eigenvalue weighted by Crippen LogP contribution is -2.28. The highest BCUT2D eigenvalue weighted by molar-refractivity contribution is 5.25. The molecule has 0 aromatic heterocycles. The van der Waals surface area contributed by atoms with Crippen LogP contribution in [0.3, 0.4) is 0 Å². The first kappa shape index (κ1) is 15.2. The van der Waals surface area contributed by atoms with Crippen molar-refractivity contribution in [3.05, 3.63) is 35.4 Å². The molecule has 1 aromatic rings. The van der Waals surface area contributed by atoms with Gasteiger partial charge in [0.15, 0.2) is 0 Å². The van der Waals surface area contributed by atoms with Crippen molar-refractivity contribution in [3.63, 3.8) is 0 Å². The molecule has 1 unspecified atom stereocenters. The van der Waals surface area contributed by atoms with Gasteiger partial charge in [-0.15, -0.1) is 0 Å². The highest BCUT2D eigenvalue weighted by Crippen LogP contribution is 2.27. The zero-order valence-corrected chi connectivity index (χ0v) is 12.5. The summed E-state index contributed by atoms with van der Waals surface area (Å²) in [6, 6.07) is 9.69. The molecule has 0 bridgehead atoms. The summed E-state index contributed by atoms with van der Waals surface area (Å²) in [5, 5.41) is 3.73. The average Bonchev–Trinajstić information content (AvgIpc) is 2.43. The Bertz CT molecular complexity index is 311. The van der Waals surface area contributed by atoms with Gasteiger partial charge in [-0.05, 0) is 36.4 Å². The van der Waals surface area contributed by atoms with Gasteiger partial charge in [0.2, 0.25) is 0 Å².